The summed E-state index contributed by atoms with van der Waals surface area (Å²) in [6, 6.07) is 19.4. The second-order valence-corrected chi connectivity index (χ2v) is 8.04. The molecule has 0 saturated heterocycles. The van der Waals surface area contributed by atoms with E-state index in [-0.39, 0.29) is 5.91 Å². The molecule has 1 N–H and O–H groups in total. The fourth-order valence-corrected chi connectivity index (χ4v) is 3.85. The van der Waals surface area contributed by atoms with E-state index < -0.39 is 5.25 Å². The molecule has 0 aliphatic heterocycles. The minimum Gasteiger partial charge on any atom is -0.411 e. The number of carbonyl (C=O) groups is 1. The first-order valence-corrected chi connectivity index (χ1v) is 10.3. The summed E-state index contributed by atoms with van der Waals surface area (Å²) in [5.74, 6) is 0.265. The van der Waals surface area contributed by atoms with Crippen LogP contribution in [-0.2, 0) is 4.79 Å². The number of thioether (sulfide) groups is 1. The van der Waals surface area contributed by atoms with Gasteiger partial charge in [-0.05, 0) is 19.1 Å². The number of carbonyl (C=O) groups excluding carboxylic acids is 1. The molecule has 2 aromatic carbocycles. The van der Waals surface area contributed by atoms with Gasteiger partial charge in [0.1, 0.15) is 0 Å². The van der Waals surface area contributed by atoms with Crippen LogP contribution in [0.4, 0.5) is 5.13 Å². The van der Waals surface area contributed by atoms with Gasteiger partial charge in [-0.25, -0.2) is 4.98 Å². The van der Waals surface area contributed by atoms with Gasteiger partial charge in [0.2, 0.25) is 11.8 Å². The molecule has 0 aliphatic carbocycles. The number of thiazole rings is 1. The van der Waals surface area contributed by atoms with Gasteiger partial charge < -0.3 is 9.73 Å². The molecule has 0 unspecified atom stereocenters. The zero-order valence-electron chi connectivity index (χ0n) is 14.9. The number of hydrogen-bond acceptors (Lipinski definition) is 7. The summed E-state index contributed by atoms with van der Waals surface area (Å²) < 4.78 is 5.65. The Hall–Kier alpha value is -2.97. The third-order valence-electron chi connectivity index (χ3n) is 3.88. The zero-order chi connectivity index (χ0) is 19.3. The summed E-state index contributed by atoms with van der Waals surface area (Å²) in [7, 11) is 0. The van der Waals surface area contributed by atoms with E-state index >= 15 is 0 Å². The Labute approximate surface area is 170 Å². The maximum absolute atomic E-state index is 12.5. The summed E-state index contributed by atoms with van der Waals surface area (Å²) >= 11 is 2.61. The fourth-order valence-electron chi connectivity index (χ4n) is 2.44. The lowest BCUT2D eigenvalue weighted by Crippen LogP contribution is -2.22. The lowest BCUT2D eigenvalue weighted by Gasteiger charge is -2.07. The Morgan fingerprint density at radius 1 is 1.04 bits per heavy atom. The Bertz CT molecular complexity index is 1060. The third kappa shape index (κ3) is 4.29. The Morgan fingerprint density at radius 2 is 1.71 bits per heavy atom. The summed E-state index contributed by atoms with van der Waals surface area (Å²) in [5.41, 5.74) is 2.70. The van der Waals surface area contributed by atoms with Crippen molar-refractivity contribution in [1.29, 1.82) is 0 Å². The average molecular weight is 409 g/mol. The molecule has 0 aliphatic rings. The van der Waals surface area contributed by atoms with Gasteiger partial charge in [-0.15, -0.1) is 21.5 Å². The number of nitrogens with one attached hydrogen (secondary N) is 1. The van der Waals surface area contributed by atoms with Crippen LogP contribution in [0, 0.1) is 0 Å². The van der Waals surface area contributed by atoms with Gasteiger partial charge >= 0.3 is 0 Å². The van der Waals surface area contributed by atoms with Crippen molar-refractivity contribution in [2.24, 2.45) is 0 Å². The van der Waals surface area contributed by atoms with Crippen LogP contribution in [0.3, 0.4) is 0 Å². The summed E-state index contributed by atoms with van der Waals surface area (Å²) in [5, 5.41) is 13.3. The molecule has 28 heavy (non-hydrogen) atoms. The first-order chi connectivity index (χ1) is 13.7. The Balaban J connectivity index is 1.38. The maximum atomic E-state index is 12.5. The molecule has 0 radical (unpaired) electrons. The molecule has 2 aromatic heterocycles. The molecule has 4 aromatic rings. The predicted molar refractivity (Wildman–Crippen MR) is 111 cm³/mol. The highest BCUT2D eigenvalue weighted by Crippen LogP contribution is 2.28. The van der Waals surface area contributed by atoms with Crippen LogP contribution in [0.25, 0.3) is 22.7 Å². The van der Waals surface area contributed by atoms with E-state index in [1.54, 1.807) is 6.92 Å². The first-order valence-electron chi connectivity index (χ1n) is 8.56. The molecule has 2 heterocycles. The van der Waals surface area contributed by atoms with Gasteiger partial charge in [-0.3, -0.25) is 4.79 Å². The Morgan fingerprint density at radius 3 is 2.43 bits per heavy atom. The number of nitrogens with zero attached hydrogens (tertiary/aromatic N) is 3. The van der Waals surface area contributed by atoms with E-state index in [1.807, 2.05) is 66.0 Å². The minimum absolute atomic E-state index is 0.168. The lowest BCUT2D eigenvalue weighted by atomic mass is 10.2. The normalized spacial score (nSPS) is 11.9. The quantitative estimate of drug-likeness (QED) is 0.453. The molecule has 0 saturated carbocycles. The second kappa shape index (κ2) is 8.37. The van der Waals surface area contributed by atoms with Crippen LogP contribution < -0.4 is 5.32 Å². The number of amides is 1. The highest BCUT2D eigenvalue weighted by atomic mass is 32.2. The zero-order valence-corrected chi connectivity index (χ0v) is 16.5. The molecule has 4 rings (SSSR count). The van der Waals surface area contributed by atoms with Crippen molar-refractivity contribution in [1.82, 2.24) is 15.2 Å². The van der Waals surface area contributed by atoms with E-state index in [2.05, 4.69) is 20.5 Å². The molecule has 1 atom stereocenters. The van der Waals surface area contributed by atoms with Crippen LogP contribution >= 0.6 is 23.1 Å². The number of hydrogen-bond donors (Lipinski definition) is 1. The smallest absolute Gasteiger partial charge is 0.277 e. The van der Waals surface area contributed by atoms with Crippen LogP contribution in [0.5, 0.6) is 0 Å². The number of anilines is 1. The summed E-state index contributed by atoms with van der Waals surface area (Å²) in [6.45, 7) is 1.79. The van der Waals surface area contributed by atoms with Crippen LogP contribution in [0.15, 0.2) is 75.7 Å². The molecular formula is C20H16N4O2S2. The molecule has 6 nitrogen and oxygen atoms in total. The van der Waals surface area contributed by atoms with Gasteiger partial charge in [-0.1, -0.05) is 60.3 Å². The van der Waals surface area contributed by atoms with Crippen molar-refractivity contribution in [3.63, 3.8) is 0 Å². The fraction of sp³-hybridized carbons (Fsp3) is 0.100. The average Bonchev–Trinajstić information content (AvgIpc) is 3.39. The van der Waals surface area contributed by atoms with Crippen molar-refractivity contribution < 1.29 is 9.21 Å². The monoisotopic (exact) mass is 408 g/mol. The number of rotatable bonds is 6. The highest BCUT2D eigenvalue weighted by Gasteiger charge is 2.20. The van der Waals surface area contributed by atoms with Crippen LogP contribution in [0.2, 0.25) is 0 Å². The standard InChI is InChI=1S/C20H16N4O2S2/c1-13(28-20-24-23-18(26-20)15-10-6-3-7-11-15)17(25)22-19-21-16(12-27-19)14-8-4-2-5-9-14/h2-13H,1H3,(H,21,22,25)/t13-/m1/s1. The minimum atomic E-state index is -0.409. The molecule has 8 heteroatoms. The number of benzene rings is 2. The lowest BCUT2D eigenvalue weighted by molar-refractivity contribution is -0.115. The first kappa shape index (κ1) is 18.4. The van der Waals surface area contributed by atoms with E-state index in [0.717, 1.165) is 16.8 Å². The maximum Gasteiger partial charge on any atom is 0.277 e. The van der Waals surface area contributed by atoms with Crippen LogP contribution in [0.1, 0.15) is 6.92 Å². The van der Waals surface area contributed by atoms with Gasteiger partial charge in [-0.2, -0.15) is 0 Å². The number of aromatic nitrogens is 3. The SMILES string of the molecule is C[C@@H](Sc1nnc(-c2ccccc2)o1)C(=O)Nc1nc(-c2ccccc2)cs1. The van der Waals surface area contributed by atoms with Crippen molar-refractivity contribution in [3.8, 4) is 22.7 Å². The van der Waals surface area contributed by atoms with Gasteiger partial charge in [0.05, 0.1) is 10.9 Å². The summed E-state index contributed by atoms with van der Waals surface area (Å²) in [4.78, 5) is 17.0. The molecule has 1 amide bonds. The topological polar surface area (TPSA) is 80.9 Å². The summed E-state index contributed by atoms with van der Waals surface area (Å²) in [6.07, 6.45) is 0. The largest absolute Gasteiger partial charge is 0.411 e. The van der Waals surface area contributed by atoms with Crippen LogP contribution in [-0.4, -0.2) is 26.3 Å². The van der Waals surface area contributed by atoms with Crippen molar-refractivity contribution in [3.05, 3.63) is 66.0 Å². The van der Waals surface area contributed by atoms with E-state index in [0.29, 0.717) is 16.2 Å². The molecule has 0 spiro atoms. The van der Waals surface area contributed by atoms with E-state index in [4.69, 9.17) is 4.42 Å². The van der Waals surface area contributed by atoms with Crippen molar-refractivity contribution >= 4 is 34.1 Å². The highest BCUT2D eigenvalue weighted by molar-refractivity contribution is 8.00. The molecule has 140 valence electrons. The Kier molecular flexibility index (Phi) is 5.50. The second-order valence-electron chi connectivity index (χ2n) is 5.89. The van der Waals surface area contributed by atoms with Gasteiger partial charge in [0, 0.05) is 16.5 Å². The van der Waals surface area contributed by atoms with Crippen molar-refractivity contribution in [2.75, 3.05) is 5.32 Å². The molecule has 0 fully saturated rings. The molecule has 0 bridgehead atoms. The van der Waals surface area contributed by atoms with Gasteiger partial charge in [0.15, 0.2) is 5.13 Å². The van der Waals surface area contributed by atoms with E-state index in [9.17, 15) is 4.79 Å². The third-order valence-corrected chi connectivity index (χ3v) is 5.57. The van der Waals surface area contributed by atoms with E-state index in [1.165, 1.54) is 23.1 Å². The predicted octanol–water partition coefficient (Wildman–Crippen LogP) is 4.98. The van der Waals surface area contributed by atoms with Crippen molar-refractivity contribution in [2.45, 2.75) is 17.4 Å². The van der Waals surface area contributed by atoms with Gasteiger partial charge in [0.25, 0.3) is 5.22 Å². The molecular weight excluding hydrogens is 392 g/mol.